The second-order valence-electron chi connectivity index (χ2n) is 8.19. The van der Waals surface area contributed by atoms with Gasteiger partial charge in [-0.25, -0.2) is 0 Å². The molecule has 0 fully saturated rings. The van der Waals surface area contributed by atoms with Crippen molar-refractivity contribution in [1.82, 2.24) is 0 Å². The molecule has 32 heavy (non-hydrogen) atoms. The molecule has 2 atom stereocenters. The lowest BCUT2D eigenvalue weighted by atomic mass is 9.78. The number of fused-ring (bicyclic) bond motifs is 6. The lowest BCUT2D eigenvalue weighted by Gasteiger charge is -2.23. The Morgan fingerprint density at radius 2 is 0.875 bits per heavy atom. The van der Waals surface area contributed by atoms with Crippen molar-refractivity contribution in [2.45, 2.75) is 11.8 Å². The number of hydrogen-bond acceptors (Lipinski definition) is 4. The van der Waals surface area contributed by atoms with Crippen LogP contribution in [0.1, 0.15) is 34.1 Å². The summed E-state index contributed by atoms with van der Waals surface area (Å²) in [5.74, 6) is -0.351. The van der Waals surface area contributed by atoms with Crippen LogP contribution in [0.3, 0.4) is 0 Å². The zero-order chi connectivity index (χ0) is 22.0. The van der Waals surface area contributed by atoms with E-state index in [1.54, 1.807) is 24.3 Å². The first-order valence-corrected chi connectivity index (χ1v) is 10.3. The van der Waals surface area contributed by atoms with Gasteiger partial charge in [-0.15, -0.1) is 0 Å². The first-order chi connectivity index (χ1) is 15.5. The van der Waals surface area contributed by atoms with Crippen LogP contribution in [0, 0.1) is 20.2 Å². The van der Waals surface area contributed by atoms with Crippen molar-refractivity contribution in [3.63, 3.8) is 0 Å². The van der Waals surface area contributed by atoms with Gasteiger partial charge in [0.15, 0.2) is 0 Å². The molecule has 0 N–H and O–H groups in total. The Morgan fingerprint density at radius 3 is 1.28 bits per heavy atom. The number of hydrogen-bond donors (Lipinski definition) is 0. The monoisotopic (exact) mass is 420 g/mol. The van der Waals surface area contributed by atoms with Gasteiger partial charge in [-0.3, -0.25) is 20.2 Å². The van der Waals surface area contributed by atoms with Crippen molar-refractivity contribution in [3.05, 3.63) is 127 Å². The summed E-state index contributed by atoms with van der Waals surface area (Å²) in [6.07, 6.45) is 0. The van der Waals surface area contributed by atoms with E-state index in [4.69, 9.17) is 0 Å². The summed E-state index contributed by atoms with van der Waals surface area (Å²) in [4.78, 5) is 22.4. The minimum Gasteiger partial charge on any atom is -0.258 e. The van der Waals surface area contributed by atoms with Crippen molar-refractivity contribution in [2.75, 3.05) is 0 Å². The SMILES string of the molecule is O=[N+]([O-])c1ccc2c(c1)C(C1c3ccccc3-c3ccc([N+](=O)[O-])cc31)c1ccccc1-2. The maximum atomic E-state index is 11.5. The molecular formula is C26H16N2O4. The predicted octanol–water partition coefficient (Wildman–Crippen LogP) is 6.43. The van der Waals surface area contributed by atoms with Crippen LogP contribution in [-0.2, 0) is 0 Å². The van der Waals surface area contributed by atoms with E-state index in [1.165, 1.54) is 0 Å². The third kappa shape index (κ3) is 2.46. The maximum Gasteiger partial charge on any atom is 0.269 e. The highest BCUT2D eigenvalue weighted by molar-refractivity contribution is 5.85. The average molecular weight is 420 g/mol. The van der Waals surface area contributed by atoms with Gasteiger partial charge in [0, 0.05) is 36.1 Å². The van der Waals surface area contributed by atoms with Gasteiger partial charge in [-0.2, -0.15) is 0 Å². The molecule has 0 radical (unpaired) electrons. The number of nitrogens with zero attached hydrogens (tertiary/aromatic N) is 2. The molecule has 6 nitrogen and oxygen atoms in total. The molecular weight excluding hydrogens is 404 g/mol. The van der Waals surface area contributed by atoms with Crippen LogP contribution in [0.15, 0.2) is 84.9 Å². The molecule has 4 aromatic carbocycles. The molecule has 154 valence electrons. The summed E-state index contributed by atoms with van der Waals surface area (Å²) in [5.41, 5.74) is 8.11. The molecule has 2 aliphatic rings. The normalized spacial score (nSPS) is 17.2. The highest BCUT2D eigenvalue weighted by Gasteiger charge is 2.42. The maximum absolute atomic E-state index is 11.5. The second kappa shape index (κ2) is 6.59. The van der Waals surface area contributed by atoms with Crippen LogP contribution >= 0.6 is 0 Å². The average Bonchev–Trinajstić information content (AvgIpc) is 3.30. The van der Waals surface area contributed by atoms with E-state index in [1.807, 2.05) is 48.5 Å². The summed E-state index contributed by atoms with van der Waals surface area (Å²) in [6, 6.07) is 26.1. The molecule has 0 aliphatic heterocycles. The molecule has 2 unspecified atom stereocenters. The van der Waals surface area contributed by atoms with Gasteiger partial charge in [0.25, 0.3) is 11.4 Å². The van der Waals surface area contributed by atoms with Gasteiger partial charge in [-0.1, -0.05) is 48.5 Å². The number of nitro benzene ring substituents is 2. The summed E-state index contributed by atoms with van der Waals surface area (Å²) in [6.45, 7) is 0. The summed E-state index contributed by atoms with van der Waals surface area (Å²) >= 11 is 0. The molecule has 0 saturated heterocycles. The van der Waals surface area contributed by atoms with Crippen LogP contribution in [0.2, 0.25) is 0 Å². The molecule has 6 heteroatoms. The van der Waals surface area contributed by atoms with E-state index >= 15 is 0 Å². The molecule has 4 aromatic rings. The van der Waals surface area contributed by atoms with Crippen LogP contribution < -0.4 is 0 Å². The number of nitro groups is 2. The lowest BCUT2D eigenvalue weighted by molar-refractivity contribution is -0.385. The Balaban J connectivity index is 1.65. The highest BCUT2D eigenvalue weighted by atomic mass is 16.6. The zero-order valence-electron chi connectivity index (χ0n) is 16.8. The number of non-ortho nitro benzene ring substituents is 2. The zero-order valence-corrected chi connectivity index (χ0v) is 16.8. The fraction of sp³-hybridized carbons (Fsp3) is 0.0769. The smallest absolute Gasteiger partial charge is 0.258 e. The molecule has 0 amide bonds. The van der Waals surface area contributed by atoms with Crippen molar-refractivity contribution in [3.8, 4) is 22.3 Å². The first kappa shape index (κ1) is 18.4. The fourth-order valence-electron chi connectivity index (χ4n) is 5.41. The fourth-order valence-corrected chi connectivity index (χ4v) is 5.41. The lowest BCUT2D eigenvalue weighted by Crippen LogP contribution is -2.10. The Labute approximate surface area is 183 Å². The van der Waals surface area contributed by atoms with Crippen molar-refractivity contribution >= 4 is 11.4 Å². The molecule has 0 spiro atoms. The standard InChI is InChI=1S/C26H16N2O4/c29-27(30)15-9-11-19-17-5-1-3-7-21(17)25(23(19)13-15)26-22-8-4-2-6-18(22)20-12-10-16(28(31)32)14-24(20)26/h1-14,25-26H. The molecule has 6 rings (SSSR count). The molecule has 0 saturated carbocycles. The van der Waals surface area contributed by atoms with Crippen LogP contribution in [0.5, 0.6) is 0 Å². The van der Waals surface area contributed by atoms with Crippen molar-refractivity contribution in [1.29, 1.82) is 0 Å². The van der Waals surface area contributed by atoms with Gasteiger partial charge < -0.3 is 0 Å². The molecule has 0 heterocycles. The van der Waals surface area contributed by atoms with Gasteiger partial charge in [-0.05, 0) is 56.6 Å². The van der Waals surface area contributed by atoms with E-state index in [0.717, 1.165) is 44.5 Å². The Hall–Kier alpha value is -4.32. The summed E-state index contributed by atoms with van der Waals surface area (Å²) < 4.78 is 0. The second-order valence-corrected chi connectivity index (χ2v) is 8.19. The van der Waals surface area contributed by atoms with Gasteiger partial charge in [0.2, 0.25) is 0 Å². The van der Waals surface area contributed by atoms with E-state index in [-0.39, 0.29) is 33.1 Å². The Kier molecular flexibility index (Phi) is 3.80. The first-order valence-electron chi connectivity index (χ1n) is 10.3. The van der Waals surface area contributed by atoms with Crippen molar-refractivity contribution in [2.24, 2.45) is 0 Å². The van der Waals surface area contributed by atoms with Gasteiger partial charge in [0.1, 0.15) is 0 Å². The third-order valence-electron chi connectivity index (χ3n) is 6.67. The van der Waals surface area contributed by atoms with Crippen LogP contribution in [0.25, 0.3) is 22.3 Å². The third-order valence-corrected chi connectivity index (χ3v) is 6.67. The highest BCUT2D eigenvalue weighted by Crippen LogP contribution is 2.58. The number of benzene rings is 4. The van der Waals surface area contributed by atoms with E-state index in [2.05, 4.69) is 12.1 Å². The van der Waals surface area contributed by atoms with E-state index in [0.29, 0.717) is 0 Å². The van der Waals surface area contributed by atoms with Gasteiger partial charge in [0.05, 0.1) is 9.85 Å². The predicted molar refractivity (Wildman–Crippen MR) is 121 cm³/mol. The Morgan fingerprint density at radius 1 is 0.500 bits per heavy atom. The van der Waals surface area contributed by atoms with Crippen LogP contribution in [0.4, 0.5) is 11.4 Å². The van der Waals surface area contributed by atoms with Crippen LogP contribution in [-0.4, -0.2) is 9.85 Å². The Bertz CT molecular complexity index is 1350. The van der Waals surface area contributed by atoms with E-state index < -0.39 is 0 Å². The largest absolute Gasteiger partial charge is 0.269 e. The minimum absolute atomic E-state index is 0.0482. The summed E-state index contributed by atoms with van der Waals surface area (Å²) in [5, 5.41) is 23.1. The van der Waals surface area contributed by atoms with Gasteiger partial charge >= 0.3 is 0 Å². The topological polar surface area (TPSA) is 86.3 Å². The van der Waals surface area contributed by atoms with Crippen molar-refractivity contribution < 1.29 is 9.85 Å². The quantitative estimate of drug-likeness (QED) is 0.282. The molecule has 0 bridgehead atoms. The van der Waals surface area contributed by atoms with E-state index in [9.17, 15) is 20.2 Å². The minimum atomic E-state index is -0.373. The molecule has 2 aliphatic carbocycles. The molecule has 0 aromatic heterocycles. The summed E-state index contributed by atoms with van der Waals surface area (Å²) in [7, 11) is 0. The number of rotatable bonds is 3.